The minimum absolute atomic E-state index is 0.473. The van der Waals surface area contributed by atoms with Gasteiger partial charge in [0.05, 0.1) is 52.1 Å². The van der Waals surface area contributed by atoms with Crippen LogP contribution in [0.15, 0.2) is 29.4 Å². The number of hydrogen-bond acceptors (Lipinski definition) is 4. The summed E-state index contributed by atoms with van der Waals surface area (Å²) in [5, 5.41) is 8.09. The number of nitrogens with zero attached hydrogens (tertiary/aromatic N) is 3. The highest BCUT2D eigenvalue weighted by atomic mass is 35.5. The third-order valence-electron chi connectivity index (χ3n) is 3.96. The number of pyridine rings is 1. The van der Waals surface area contributed by atoms with Gasteiger partial charge in [-0.15, -0.1) is 0 Å². The maximum absolute atomic E-state index is 6.26. The highest BCUT2D eigenvalue weighted by Gasteiger charge is 2.14. The maximum atomic E-state index is 6.26. The van der Waals surface area contributed by atoms with Gasteiger partial charge in [0.1, 0.15) is 10.9 Å². The molecule has 0 spiro atoms. The Morgan fingerprint density at radius 1 is 1.32 bits per heavy atom. The van der Waals surface area contributed by atoms with Crippen molar-refractivity contribution < 1.29 is 9.64 Å². The van der Waals surface area contributed by atoms with E-state index < -0.39 is 0 Å². The molecule has 1 N–H and O–H groups in total. The molecule has 116 valence electrons. The van der Waals surface area contributed by atoms with Gasteiger partial charge >= 0.3 is 0 Å². The molecule has 0 aliphatic carbocycles. The predicted octanol–water partition coefficient (Wildman–Crippen LogP) is 1.06. The number of nitrogens with one attached hydrogen (secondary N) is 1. The van der Waals surface area contributed by atoms with E-state index in [4.69, 9.17) is 16.3 Å². The van der Waals surface area contributed by atoms with Crippen molar-refractivity contribution in [2.75, 3.05) is 40.3 Å². The molecule has 2 aromatic rings. The topological polar surface area (TPSA) is 42.2 Å². The summed E-state index contributed by atoms with van der Waals surface area (Å²) in [6, 6.07) is 7.74. The lowest BCUT2D eigenvalue weighted by molar-refractivity contribution is -0.884. The van der Waals surface area contributed by atoms with E-state index in [9.17, 15) is 0 Å². The number of fused-ring (bicyclic) bond motifs is 1. The van der Waals surface area contributed by atoms with Crippen molar-refractivity contribution in [2.24, 2.45) is 5.10 Å². The van der Waals surface area contributed by atoms with Crippen LogP contribution in [0.2, 0.25) is 5.15 Å². The number of quaternary nitrogens is 1. The SMILES string of the molecule is COc1ccc2nc(Cl)c(/C=N\N3CC[NH+](C)CC3)cc2c1. The monoisotopic (exact) mass is 319 g/mol. The molecule has 0 saturated carbocycles. The van der Waals surface area contributed by atoms with E-state index in [0.717, 1.165) is 48.4 Å². The molecule has 0 unspecified atom stereocenters. The van der Waals surface area contributed by atoms with Gasteiger partial charge < -0.3 is 9.64 Å². The fourth-order valence-electron chi connectivity index (χ4n) is 2.50. The molecular formula is C16H20ClN4O+. The normalized spacial score (nSPS) is 16.6. The zero-order chi connectivity index (χ0) is 15.5. The average Bonchev–Trinajstić information content (AvgIpc) is 2.54. The number of rotatable bonds is 3. The first-order valence-electron chi connectivity index (χ1n) is 7.40. The van der Waals surface area contributed by atoms with Crippen LogP contribution in [-0.2, 0) is 0 Å². The summed E-state index contributed by atoms with van der Waals surface area (Å²) in [4.78, 5) is 5.97. The van der Waals surface area contributed by atoms with Gasteiger partial charge in [0, 0.05) is 10.9 Å². The lowest BCUT2D eigenvalue weighted by atomic mass is 10.1. The Labute approximate surface area is 135 Å². The Kier molecular flexibility index (Phi) is 4.45. The minimum Gasteiger partial charge on any atom is -0.497 e. The van der Waals surface area contributed by atoms with Crippen LogP contribution in [0.25, 0.3) is 10.9 Å². The van der Waals surface area contributed by atoms with Crippen molar-refractivity contribution in [1.29, 1.82) is 0 Å². The molecule has 2 heterocycles. The van der Waals surface area contributed by atoms with E-state index >= 15 is 0 Å². The zero-order valence-electron chi connectivity index (χ0n) is 12.8. The first-order valence-corrected chi connectivity index (χ1v) is 7.78. The molecule has 6 heteroatoms. The lowest BCUT2D eigenvalue weighted by Crippen LogP contribution is -3.11. The Morgan fingerprint density at radius 3 is 2.82 bits per heavy atom. The number of hydrazone groups is 1. The summed E-state index contributed by atoms with van der Waals surface area (Å²) in [7, 11) is 3.86. The smallest absolute Gasteiger partial charge is 0.138 e. The second-order valence-electron chi connectivity index (χ2n) is 5.58. The largest absolute Gasteiger partial charge is 0.497 e. The Hall–Kier alpha value is -1.85. The van der Waals surface area contributed by atoms with Gasteiger partial charge in [-0.2, -0.15) is 5.10 Å². The quantitative estimate of drug-likeness (QED) is 0.679. The summed E-state index contributed by atoms with van der Waals surface area (Å²) >= 11 is 6.26. The number of ether oxygens (including phenoxy) is 1. The summed E-state index contributed by atoms with van der Waals surface area (Å²) in [5.74, 6) is 0.807. The number of piperazine rings is 1. The van der Waals surface area contributed by atoms with Crippen molar-refractivity contribution in [3.63, 3.8) is 0 Å². The van der Waals surface area contributed by atoms with E-state index in [1.165, 1.54) is 0 Å². The van der Waals surface area contributed by atoms with Crippen LogP contribution < -0.4 is 9.64 Å². The summed E-state index contributed by atoms with van der Waals surface area (Å²) in [6.07, 6.45) is 1.80. The molecular weight excluding hydrogens is 300 g/mol. The first-order chi connectivity index (χ1) is 10.7. The standard InChI is InChI=1S/C16H19ClN4O/c1-20-5-7-21(8-6-20)18-11-13-9-12-10-14(22-2)3-4-15(12)19-16(13)17/h3-4,9-11H,5-8H2,1-2H3/p+1/b18-11-. The second-order valence-corrected chi connectivity index (χ2v) is 5.94. The highest BCUT2D eigenvalue weighted by molar-refractivity contribution is 6.32. The molecule has 0 radical (unpaired) electrons. The van der Waals surface area contributed by atoms with Crippen LogP contribution in [0.3, 0.4) is 0 Å². The van der Waals surface area contributed by atoms with E-state index in [1.807, 2.05) is 24.3 Å². The molecule has 3 rings (SSSR count). The molecule has 1 saturated heterocycles. The zero-order valence-corrected chi connectivity index (χ0v) is 13.6. The van der Waals surface area contributed by atoms with Gasteiger partial charge in [0.15, 0.2) is 0 Å². The van der Waals surface area contributed by atoms with Crippen LogP contribution in [0, 0.1) is 0 Å². The Morgan fingerprint density at radius 2 is 2.09 bits per heavy atom. The fourth-order valence-corrected chi connectivity index (χ4v) is 2.70. The van der Waals surface area contributed by atoms with Gasteiger partial charge in [-0.1, -0.05) is 11.6 Å². The van der Waals surface area contributed by atoms with Crippen LogP contribution >= 0.6 is 11.6 Å². The molecule has 1 aliphatic rings. The van der Waals surface area contributed by atoms with Crippen molar-refractivity contribution >= 4 is 28.7 Å². The van der Waals surface area contributed by atoms with Gasteiger partial charge in [-0.05, 0) is 24.3 Å². The maximum Gasteiger partial charge on any atom is 0.138 e. The average molecular weight is 320 g/mol. The Balaban J connectivity index is 1.84. The third-order valence-corrected chi connectivity index (χ3v) is 4.26. The molecule has 22 heavy (non-hydrogen) atoms. The van der Waals surface area contributed by atoms with Crippen molar-refractivity contribution in [2.45, 2.75) is 0 Å². The molecule has 1 fully saturated rings. The molecule has 5 nitrogen and oxygen atoms in total. The van der Waals surface area contributed by atoms with E-state index in [2.05, 4.69) is 22.1 Å². The van der Waals surface area contributed by atoms with Gasteiger partial charge in [0.2, 0.25) is 0 Å². The molecule has 1 aromatic heterocycles. The highest BCUT2D eigenvalue weighted by Crippen LogP contribution is 2.23. The number of likely N-dealkylation sites (N-methyl/N-ethyl adjacent to an activating group) is 1. The fraction of sp³-hybridized carbons (Fsp3) is 0.375. The first kappa shape index (κ1) is 15.1. The van der Waals surface area contributed by atoms with Crippen LogP contribution in [0.4, 0.5) is 0 Å². The van der Waals surface area contributed by atoms with Crippen LogP contribution in [0.1, 0.15) is 5.56 Å². The second kappa shape index (κ2) is 6.50. The number of halogens is 1. The van der Waals surface area contributed by atoms with Crippen LogP contribution in [0.5, 0.6) is 5.75 Å². The third kappa shape index (κ3) is 3.31. The number of hydrogen-bond donors (Lipinski definition) is 1. The lowest BCUT2D eigenvalue weighted by Gasteiger charge is -2.27. The van der Waals surface area contributed by atoms with E-state index in [0.29, 0.717) is 5.15 Å². The molecule has 0 atom stereocenters. The summed E-state index contributed by atoms with van der Waals surface area (Å²) in [6.45, 7) is 4.15. The molecule has 1 aromatic carbocycles. The summed E-state index contributed by atoms with van der Waals surface area (Å²) < 4.78 is 5.25. The van der Waals surface area contributed by atoms with Gasteiger partial charge in [-0.25, -0.2) is 4.98 Å². The Bertz CT molecular complexity index is 696. The number of aromatic nitrogens is 1. The predicted molar refractivity (Wildman–Crippen MR) is 89.1 cm³/mol. The number of methoxy groups -OCH3 is 1. The molecule has 0 bridgehead atoms. The molecule has 0 amide bonds. The van der Waals surface area contributed by atoms with Crippen molar-refractivity contribution in [1.82, 2.24) is 9.99 Å². The number of benzene rings is 1. The van der Waals surface area contributed by atoms with Gasteiger partial charge in [0.25, 0.3) is 0 Å². The van der Waals surface area contributed by atoms with Crippen LogP contribution in [-0.4, -0.2) is 56.5 Å². The van der Waals surface area contributed by atoms with Crippen molar-refractivity contribution in [3.8, 4) is 5.75 Å². The minimum atomic E-state index is 0.473. The molecule has 1 aliphatic heterocycles. The van der Waals surface area contributed by atoms with Gasteiger partial charge in [-0.3, -0.25) is 5.01 Å². The summed E-state index contributed by atoms with van der Waals surface area (Å²) in [5.41, 5.74) is 1.68. The van der Waals surface area contributed by atoms with E-state index in [1.54, 1.807) is 18.2 Å². The van der Waals surface area contributed by atoms with E-state index in [-0.39, 0.29) is 0 Å². The van der Waals surface area contributed by atoms with Crippen molar-refractivity contribution in [3.05, 3.63) is 35.0 Å².